The molecule has 3 aliphatic rings. The molecule has 0 spiro atoms. The molecule has 0 unspecified atom stereocenters. The van der Waals surface area contributed by atoms with Gasteiger partial charge in [-0.3, -0.25) is 0 Å². The molecule has 0 amide bonds. The van der Waals surface area contributed by atoms with E-state index >= 15 is 0 Å². The second-order valence-electron chi connectivity index (χ2n) is 23.1. The zero-order valence-electron chi connectivity index (χ0n) is 42.1. The Labute approximate surface area is 427 Å². The van der Waals surface area contributed by atoms with Crippen LogP contribution in [0.25, 0.3) is 131 Å². The van der Waals surface area contributed by atoms with Gasteiger partial charge in [0.05, 0.1) is 0 Å². The van der Waals surface area contributed by atoms with Crippen LogP contribution in [0.15, 0.2) is 206 Å². The first kappa shape index (κ1) is 41.5. The van der Waals surface area contributed by atoms with Crippen LogP contribution < -0.4 is 10.4 Å². The van der Waals surface area contributed by atoms with E-state index in [4.69, 9.17) is 0 Å². The summed E-state index contributed by atoms with van der Waals surface area (Å²) in [4.78, 5) is 0. The van der Waals surface area contributed by atoms with Gasteiger partial charge in [-0.2, -0.15) is 0 Å². The molecule has 344 valence electrons. The minimum atomic E-state index is -2.27. The van der Waals surface area contributed by atoms with Gasteiger partial charge in [0.25, 0.3) is 0 Å². The van der Waals surface area contributed by atoms with E-state index in [0.717, 1.165) is 0 Å². The Bertz CT molecular complexity index is 4580. The average molecular weight is 945 g/mol. The van der Waals surface area contributed by atoms with Crippen molar-refractivity contribution >= 4 is 83.1 Å². The number of fused-ring (bicyclic) bond motifs is 13. The molecule has 1 heterocycles. The minimum Gasteiger partial charge on any atom is -0.0619 e. The molecule has 1 aliphatic heterocycles. The van der Waals surface area contributed by atoms with E-state index in [9.17, 15) is 0 Å². The van der Waals surface area contributed by atoms with Crippen LogP contribution in [-0.2, 0) is 10.8 Å². The van der Waals surface area contributed by atoms with Crippen molar-refractivity contribution in [3.63, 3.8) is 0 Å². The Hall–Kier alpha value is -8.10. The maximum Gasteiger partial charge on any atom is 0.113 e. The summed E-state index contributed by atoms with van der Waals surface area (Å²) < 4.78 is 0. The highest BCUT2D eigenvalue weighted by Gasteiger charge is 2.40. The molecule has 73 heavy (non-hydrogen) atoms. The number of hydrogen-bond donors (Lipinski definition) is 0. The van der Waals surface area contributed by atoms with Gasteiger partial charge in [0, 0.05) is 10.8 Å². The lowest BCUT2D eigenvalue weighted by atomic mass is 9.79. The predicted molar refractivity (Wildman–Crippen MR) is 316 cm³/mol. The fourth-order valence-corrected chi connectivity index (χ4v) is 17.9. The molecule has 13 aromatic rings. The van der Waals surface area contributed by atoms with Crippen LogP contribution in [0.4, 0.5) is 0 Å². The SMILES string of the molecule is CC1(C)c2ccccc2-c2ccc(-c3c4ccccc4c(-c4ccc5c(c4)C(C)(C)c4ccccc4-5)c4cc5c(cc34)-c3ccc(-c4ccc6c7cccc8cccc(c9cccc4c96)c87)cc3[Si]5(C)C)cc21. The third-order valence-corrected chi connectivity index (χ3v) is 21.9. The Morgan fingerprint density at radius 3 is 1.33 bits per heavy atom. The van der Waals surface area contributed by atoms with Crippen LogP contribution in [0.1, 0.15) is 49.9 Å². The summed E-state index contributed by atoms with van der Waals surface area (Å²) in [5.74, 6) is 0. The quantitative estimate of drug-likeness (QED) is 0.0941. The minimum absolute atomic E-state index is 0.111. The molecule has 0 saturated carbocycles. The molecule has 0 atom stereocenters. The molecule has 0 radical (unpaired) electrons. The smallest absolute Gasteiger partial charge is 0.0619 e. The Morgan fingerprint density at radius 2 is 0.712 bits per heavy atom. The van der Waals surface area contributed by atoms with Crippen LogP contribution in [0.5, 0.6) is 0 Å². The van der Waals surface area contributed by atoms with E-state index in [0.29, 0.717) is 0 Å². The molecule has 0 fully saturated rings. The fourth-order valence-electron chi connectivity index (χ4n) is 14.8. The van der Waals surface area contributed by atoms with Crippen molar-refractivity contribution in [2.45, 2.75) is 51.6 Å². The summed E-state index contributed by atoms with van der Waals surface area (Å²) in [6.07, 6.45) is 0. The molecule has 0 N–H and O–H groups in total. The highest BCUT2D eigenvalue weighted by Crippen LogP contribution is 2.54. The molecule has 0 bridgehead atoms. The standard InChI is InChI=1S/C72H52Si/c1-71(2)61-26-11-9-18-46(61)48-31-29-43(36-63(48)71)68-52-20-7-8-21-53(52)69(44-30-32-49-47-19-10-12-27-62(47)72(3,4)64(49)37-44)60-40-66-58(39-59(60)68)50-33-28-42(38-65(50)73(66,5)6)45-34-35-57-55-23-14-17-41-16-13-22-54(67(41)55)56-25-15-24-51(45)70(56)57/h7-40H,1-6H3. The summed E-state index contributed by atoms with van der Waals surface area (Å²) in [7, 11) is -2.27. The molecule has 1 heteroatoms. The topological polar surface area (TPSA) is 0 Å². The summed E-state index contributed by atoms with van der Waals surface area (Å²) in [6, 6.07) is 80.2. The second-order valence-corrected chi connectivity index (χ2v) is 27.4. The van der Waals surface area contributed by atoms with Crippen molar-refractivity contribution in [1.29, 1.82) is 0 Å². The average Bonchev–Trinajstić information content (AvgIpc) is 3.90. The molecule has 0 saturated heterocycles. The normalized spacial score (nSPS) is 15.3. The van der Waals surface area contributed by atoms with E-state index in [1.807, 2.05) is 0 Å². The Morgan fingerprint density at radius 1 is 0.274 bits per heavy atom. The van der Waals surface area contributed by atoms with Gasteiger partial charge in [0.2, 0.25) is 0 Å². The van der Waals surface area contributed by atoms with Gasteiger partial charge in [-0.05, 0) is 182 Å². The van der Waals surface area contributed by atoms with Crippen LogP contribution in [0, 0.1) is 0 Å². The molecule has 0 aromatic heterocycles. The first-order chi connectivity index (χ1) is 35.5. The van der Waals surface area contributed by atoms with Gasteiger partial charge in [0.15, 0.2) is 0 Å². The van der Waals surface area contributed by atoms with Gasteiger partial charge in [-0.25, -0.2) is 0 Å². The van der Waals surface area contributed by atoms with E-state index < -0.39 is 8.07 Å². The maximum atomic E-state index is 2.67. The first-order valence-corrected chi connectivity index (χ1v) is 29.2. The summed E-state index contributed by atoms with van der Waals surface area (Å²) in [5, 5.41) is 19.0. The van der Waals surface area contributed by atoms with Gasteiger partial charge < -0.3 is 0 Å². The van der Waals surface area contributed by atoms with Gasteiger partial charge in [0.1, 0.15) is 8.07 Å². The first-order valence-electron chi connectivity index (χ1n) is 26.2. The van der Waals surface area contributed by atoms with Crippen LogP contribution in [0.2, 0.25) is 13.1 Å². The predicted octanol–water partition coefficient (Wildman–Crippen LogP) is 18.5. The Kier molecular flexibility index (Phi) is 8.02. The molecular weight excluding hydrogens is 893 g/mol. The van der Waals surface area contributed by atoms with Crippen molar-refractivity contribution in [2.75, 3.05) is 0 Å². The van der Waals surface area contributed by atoms with Crippen molar-refractivity contribution in [2.24, 2.45) is 0 Å². The van der Waals surface area contributed by atoms with Crippen LogP contribution >= 0.6 is 0 Å². The van der Waals surface area contributed by atoms with Crippen LogP contribution in [-0.4, -0.2) is 8.07 Å². The molecule has 13 aromatic carbocycles. The lowest BCUT2D eigenvalue weighted by Crippen LogP contribution is -2.49. The van der Waals surface area contributed by atoms with Gasteiger partial charge in [-0.15, -0.1) is 0 Å². The number of hydrogen-bond acceptors (Lipinski definition) is 0. The van der Waals surface area contributed by atoms with Crippen LogP contribution in [0.3, 0.4) is 0 Å². The highest BCUT2D eigenvalue weighted by molar-refractivity contribution is 7.04. The van der Waals surface area contributed by atoms with E-state index in [-0.39, 0.29) is 10.8 Å². The third kappa shape index (κ3) is 5.30. The fraction of sp³-hybridized carbons (Fsp3) is 0.111. The van der Waals surface area contributed by atoms with Crippen molar-refractivity contribution in [1.82, 2.24) is 0 Å². The summed E-state index contributed by atoms with van der Waals surface area (Å²) in [5.41, 5.74) is 21.5. The lowest BCUT2D eigenvalue weighted by molar-refractivity contribution is 0.660. The monoisotopic (exact) mass is 944 g/mol. The second kappa shape index (κ2) is 14.1. The molecule has 2 aliphatic carbocycles. The number of rotatable bonds is 3. The van der Waals surface area contributed by atoms with Crippen molar-refractivity contribution in [3.05, 3.63) is 229 Å². The molecular formula is C72H52Si. The van der Waals surface area contributed by atoms with E-state index in [1.165, 1.54) is 164 Å². The zero-order valence-corrected chi connectivity index (χ0v) is 43.1. The maximum absolute atomic E-state index is 2.67. The van der Waals surface area contributed by atoms with Gasteiger partial charge >= 0.3 is 0 Å². The Balaban J connectivity index is 0.945. The van der Waals surface area contributed by atoms with E-state index in [2.05, 4.69) is 247 Å². The summed E-state index contributed by atoms with van der Waals surface area (Å²) >= 11 is 0. The number of benzene rings is 13. The summed E-state index contributed by atoms with van der Waals surface area (Å²) in [6.45, 7) is 14.8. The van der Waals surface area contributed by atoms with Crippen molar-refractivity contribution < 1.29 is 0 Å². The van der Waals surface area contributed by atoms with Gasteiger partial charge in [-0.1, -0.05) is 229 Å². The third-order valence-electron chi connectivity index (χ3n) is 18.4. The largest absolute Gasteiger partial charge is 0.113 e. The lowest BCUT2D eigenvalue weighted by Gasteiger charge is -2.25. The van der Waals surface area contributed by atoms with E-state index in [1.54, 1.807) is 0 Å². The molecule has 16 rings (SSSR count). The highest BCUT2D eigenvalue weighted by atomic mass is 28.3. The van der Waals surface area contributed by atoms with Crippen molar-refractivity contribution in [3.8, 4) is 66.8 Å². The molecule has 0 nitrogen and oxygen atoms in total. The zero-order chi connectivity index (χ0) is 48.9.